The zero-order chi connectivity index (χ0) is 16.2. The maximum Gasteiger partial charge on any atom is 0.264 e. The van der Waals surface area contributed by atoms with Crippen LogP contribution in [0, 0.1) is 0 Å². The largest absolute Gasteiger partial charge is 0.299 e. The lowest BCUT2D eigenvalue weighted by molar-refractivity contribution is -0.115. The van der Waals surface area contributed by atoms with Crippen molar-refractivity contribution in [2.24, 2.45) is 5.10 Å². The van der Waals surface area contributed by atoms with E-state index in [2.05, 4.69) is 15.8 Å². The second-order valence-corrected chi connectivity index (χ2v) is 6.50. The minimum atomic E-state index is -0.213. The average Bonchev–Trinajstić information content (AvgIpc) is 2.89. The number of carbonyl (C=O) groups is 1. The lowest BCUT2D eigenvalue weighted by atomic mass is 10.2. The van der Waals surface area contributed by atoms with Gasteiger partial charge < -0.3 is 0 Å². The summed E-state index contributed by atoms with van der Waals surface area (Å²) in [7, 11) is 0. The standard InChI is InChI=1S/C16H11Cl2N3OS/c17-11-7-6-10(13(18)9-11)8-14-15(22)19-16(23-14)21-20-12-4-2-1-3-5-12/h1-9,20H,(H,19,21,22). The van der Waals surface area contributed by atoms with Gasteiger partial charge in [-0.25, -0.2) is 0 Å². The number of para-hydroxylation sites is 1. The van der Waals surface area contributed by atoms with Crippen LogP contribution in [-0.4, -0.2) is 11.1 Å². The van der Waals surface area contributed by atoms with Crippen molar-refractivity contribution in [3.8, 4) is 0 Å². The molecule has 0 unspecified atom stereocenters. The Kier molecular flexibility index (Phi) is 4.91. The van der Waals surface area contributed by atoms with E-state index in [1.165, 1.54) is 11.8 Å². The second kappa shape index (κ2) is 7.08. The van der Waals surface area contributed by atoms with Crippen molar-refractivity contribution >= 4 is 57.8 Å². The fraction of sp³-hybridized carbons (Fsp3) is 0. The Bertz CT molecular complexity index is 806. The third-order valence-electron chi connectivity index (χ3n) is 2.96. The maximum absolute atomic E-state index is 12.0. The van der Waals surface area contributed by atoms with E-state index in [0.29, 0.717) is 20.1 Å². The van der Waals surface area contributed by atoms with Gasteiger partial charge in [0.25, 0.3) is 5.91 Å². The van der Waals surface area contributed by atoms with Crippen molar-refractivity contribution in [3.63, 3.8) is 0 Å². The first-order valence-electron chi connectivity index (χ1n) is 6.66. The van der Waals surface area contributed by atoms with Crippen LogP contribution in [0.2, 0.25) is 10.0 Å². The van der Waals surface area contributed by atoms with Gasteiger partial charge in [-0.3, -0.25) is 15.5 Å². The number of amidine groups is 1. The summed E-state index contributed by atoms with van der Waals surface area (Å²) in [6.07, 6.45) is 1.71. The number of hydrazone groups is 1. The summed E-state index contributed by atoms with van der Waals surface area (Å²) in [4.78, 5) is 12.5. The molecular formula is C16H11Cl2N3OS. The van der Waals surface area contributed by atoms with Crippen LogP contribution in [0.25, 0.3) is 6.08 Å². The molecule has 0 atom stereocenters. The van der Waals surface area contributed by atoms with Gasteiger partial charge in [0.05, 0.1) is 10.6 Å². The van der Waals surface area contributed by atoms with Crippen LogP contribution in [-0.2, 0) is 4.79 Å². The monoisotopic (exact) mass is 363 g/mol. The number of nitrogens with one attached hydrogen (secondary N) is 2. The number of hydrogen-bond acceptors (Lipinski definition) is 4. The summed E-state index contributed by atoms with van der Waals surface area (Å²) >= 11 is 13.2. The van der Waals surface area contributed by atoms with Crippen molar-refractivity contribution in [2.75, 3.05) is 5.43 Å². The highest BCUT2D eigenvalue weighted by Crippen LogP contribution is 2.29. The van der Waals surface area contributed by atoms with E-state index in [4.69, 9.17) is 23.2 Å². The Labute approximate surface area is 147 Å². The van der Waals surface area contributed by atoms with Crippen LogP contribution in [0.5, 0.6) is 0 Å². The van der Waals surface area contributed by atoms with E-state index in [9.17, 15) is 4.79 Å². The number of anilines is 1. The van der Waals surface area contributed by atoms with Crippen LogP contribution < -0.4 is 10.7 Å². The molecule has 2 N–H and O–H groups in total. The van der Waals surface area contributed by atoms with Crippen LogP contribution in [0.15, 0.2) is 58.5 Å². The van der Waals surface area contributed by atoms with Gasteiger partial charge in [0, 0.05) is 10.0 Å². The van der Waals surface area contributed by atoms with Gasteiger partial charge in [-0.05, 0) is 47.7 Å². The topological polar surface area (TPSA) is 53.5 Å². The molecule has 1 aliphatic rings. The summed E-state index contributed by atoms with van der Waals surface area (Å²) in [6.45, 7) is 0. The number of halogens is 2. The van der Waals surface area contributed by atoms with Gasteiger partial charge in [0.2, 0.25) is 0 Å². The molecule has 7 heteroatoms. The number of rotatable bonds is 3. The molecule has 0 aliphatic carbocycles. The third kappa shape index (κ3) is 4.07. The number of amides is 1. The summed E-state index contributed by atoms with van der Waals surface area (Å²) in [5, 5.41) is 8.40. The molecule has 2 aromatic carbocycles. The zero-order valence-electron chi connectivity index (χ0n) is 11.7. The molecule has 0 bridgehead atoms. The molecule has 3 rings (SSSR count). The van der Waals surface area contributed by atoms with Gasteiger partial charge >= 0.3 is 0 Å². The van der Waals surface area contributed by atoms with E-state index >= 15 is 0 Å². The molecule has 0 spiro atoms. The molecular weight excluding hydrogens is 353 g/mol. The smallest absolute Gasteiger partial charge is 0.264 e. The summed E-state index contributed by atoms with van der Waals surface area (Å²) < 4.78 is 0. The van der Waals surface area contributed by atoms with E-state index in [1.54, 1.807) is 24.3 Å². The van der Waals surface area contributed by atoms with Crippen molar-refractivity contribution in [3.05, 3.63) is 69.0 Å². The van der Waals surface area contributed by atoms with Crippen LogP contribution in [0.3, 0.4) is 0 Å². The molecule has 0 radical (unpaired) electrons. The van der Waals surface area contributed by atoms with Crippen molar-refractivity contribution in [1.29, 1.82) is 0 Å². The molecule has 23 heavy (non-hydrogen) atoms. The Morgan fingerprint density at radius 2 is 1.91 bits per heavy atom. The highest BCUT2D eigenvalue weighted by molar-refractivity contribution is 8.18. The maximum atomic E-state index is 12.0. The molecule has 1 saturated heterocycles. The van der Waals surface area contributed by atoms with Crippen molar-refractivity contribution in [2.45, 2.75) is 0 Å². The molecule has 1 fully saturated rings. The number of hydrogen-bond donors (Lipinski definition) is 2. The third-order valence-corrected chi connectivity index (χ3v) is 4.43. The van der Waals surface area contributed by atoms with E-state index < -0.39 is 0 Å². The minimum absolute atomic E-state index is 0.213. The summed E-state index contributed by atoms with van der Waals surface area (Å²) in [5.41, 5.74) is 4.46. The van der Waals surface area contributed by atoms with E-state index in [0.717, 1.165) is 11.3 Å². The van der Waals surface area contributed by atoms with Crippen LogP contribution >= 0.6 is 35.0 Å². The number of thioether (sulfide) groups is 1. The lowest BCUT2D eigenvalue weighted by Crippen LogP contribution is -2.20. The summed E-state index contributed by atoms with van der Waals surface area (Å²) in [5.74, 6) is -0.213. The van der Waals surface area contributed by atoms with Crippen LogP contribution in [0.4, 0.5) is 5.69 Å². The predicted molar refractivity (Wildman–Crippen MR) is 97.7 cm³/mol. The first-order chi connectivity index (χ1) is 11.1. The van der Waals surface area contributed by atoms with Gasteiger partial charge in [-0.2, -0.15) is 0 Å². The molecule has 1 amide bonds. The zero-order valence-corrected chi connectivity index (χ0v) is 14.0. The highest BCUT2D eigenvalue weighted by atomic mass is 35.5. The van der Waals surface area contributed by atoms with E-state index in [-0.39, 0.29) is 5.91 Å². The molecule has 116 valence electrons. The Morgan fingerprint density at radius 1 is 1.13 bits per heavy atom. The average molecular weight is 364 g/mol. The molecule has 1 aliphatic heterocycles. The predicted octanol–water partition coefficient (Wildman–Crippen LogP) is 4.58. The minimum Gasteiger partial charge on any atom is -0.299 e. The fourth-order valence-corrected chi connectivity index (χ4v) is 3.10. The molecule has 1 heterocycles. The lowest BCUT2D eigenvalue weighted by Gasteiger charge is -2.00. The Balaban J connectivity index is 1.75. The Hall–Kier alpha value is -1.95. The first kappa shape index (κ1) is 15.9. The first-order valence-corrected chi connectivity index (χ1v) is 8.24. The quantitative estimate of drug-likeness (QED) is 0.619. The SMILES string of the molecule is O=C1NC(=NNc2ccccc2)SC1=Cc1ccc(Cl)cc1Cl. The number of carbonyl (C=O) groups excluding carboxylic acids is 1. The normalized spacial score (nSPS) is 17.6. The molecule has 0 aromatic heterocycles. The van der Waals surface area contributed by atoms with Crippen molar-refractivity contribution < 1.29 is 4.79 Å². The number of benzene rings is 2. The Morgan fingerprint density at radius 3 is 2.65 bits per heavy atom. The van der Waals surface area contributed by atoms with Gasteiger partial charge in [-0.1, -0.05) is 47.5 Å². The molecule has 2 aromatic rings. The van der Waals surface area contributed by atoms with Gasteiger partial charge in [0.1, 0.15) is 0 Å². The fourth-order valence-electron chi connectivity index (χ4n) is 1.87. The molecule has 4 nitrogen and oxygen atoms in total. The van der Waals surface area contributed by atoms with E-state index in [1.807, 2.05) is 30.3 Å². The molecule has 0 saturated carbocycles. The van der Waals surface area contributed by atoms with Crippen molar-refractivity contribution in [1.82, 2.24) is 5.32 Å². The number of nitrogens with zero attached hydrogens (tertiary/aromatic N) is 1. The van der Waals surface area contributed by atoms with Gasteiger partial charge in [-0.15, -0.1) is 5.10 Å². The second-order valence-electron chi connectivity index (χ2n) is 4.63. The highest BCUT2D eigenvalue weighted by Gasteiger charge is 2.24. The van der Waals surface area contributed by atoms with Crippen LogP contribution in [0.1, 0.15) is 5.56 Å². The summed E-state index contributed by atoms with van der Waals surface area (Å²) in [6, 6.07) is 14.6. The van der Waals surface area contributed by atoms with Gasteiger partial charge in [0.15, 0.2) is 5.17 Å².